The Hall–Kier alpha value is -1.25. The van der Waals surface area contributed by atoms with E-state index in [-0.39, 0.29) is 0 Å². The number of rotatable bonds is 4. The molecule has 2 rings (SSSR count). The molecular formula is C16H19NS. The number of nitrogens with one attached hydrogen (secondary N) is 1. The summed E-state index contributed by atoms with van der Waals surface area (Å²) in [5.74, 6) is 0.486. The molecule has 0 heterocycles. The number of benzene rings is 1. The van der Waals surface area contributed by atoms with Gasteiger partial charge < -0.3 is 0 Å². The van der Waals surface area contributed by atoms with Crippen molar-refractivity contribution in [2.24, 2.45) is 5.92 Å². The van der Waals surface area contributed by atoms with Crippen molar-refractivity contribution in [3.05, 3.63) is 72.4 Å². The highest BCUT2D eigenvalue weighted by Gasteiger charge is 2.26. The topological polar surface area (TPSA) is 12.0 Å². The van der Waals surface area contributed by atoms with E-state index in [4.69, 9.17) is 0 Å². The lowest BCUT2D eigenvalue weighted by Crippen LogP contribution is -2.25. The molecule has 0 aliphatic heterocycles. The van der Waals surface area contributed by atoms with Gasteiger partial charge in [0.2, 0.25) is 0 Å². The summed E-state index contributed by atoms with van der Waals surface area (Å²) in [7, 11) is 0. The second-order valence-electron chi connectivity index (χ2n) is 4.62. The van der Waals surface area contributed by atoms with E-state index in [9.17, 15) is 0 Å². The normalized spacial score (nSPS) is 23.3. The van der Waals surface area contributed by atoms with E-state index in [1.807, 2.05) is 12.2 Å². The van der Waals surface area contributed by atoms with Crippen LogP contribution < -0.4 is 4.72 Å². The maximum atomic E-state index is 4.26. The van der Waals surface area contributed by atoms with Crippen molar-refractivity contribution >= 4 is 12.8 Å². The fourth-order valence-corrected chi connectivity index (χ4v) is 2.95. The standard InChI is InChI=1S/C16H19NS/c1-3-7-12(4-2)14-10-13-8-5-6-9-15(13)16(11-14)17-18/h3-9,14,16-18H,1-2,10-11H2/b12-7+/t14-,16?/m1/s1. The number of hydrogen-bond donors (Lipinski definition) is 2. The highest BCUT2D eigenvalue weighted by molar-refractivity contribution is 7.78. The maximum absolute atomic E-state index is 4.26. The van der Waals surface area contributed by atoms with Crippen molar-refractivity contribution in [2.75, 3.05) is 0 Å². The summed E-state index contributed by atoms with van der Waals surface area (Å²) in [6.45, 7) is 7.68. The van der Waals surface area contributed by atoms with Crippen molar-refractivity contribution in [1.29, 1.82) is 0 Å². The zero-order chi connectivity index (χ0) is 13.0. The van der Waals surface area contributed by atoms with Crippen molar-refractivity contribution in [2.45, 2.75) is 18.9 Å². The molecule has 0 saturated heterocycles. The van der Waals surface area contributed by atoms with Crippen LogP contribution in [0.3, 0.4) is 0 Å². The number of thiol groups is 1. The van der Waals surface area contributed by atoms with Crippen molar-refractivity contribution in [3.8, 4) is 0 Å². The van der Waals surface area contributed by atoms with E-state index in [2.05, 4.69) is 61.0 Å². The average molecular weight is 257 g/mol. The molecule has 0 bridgehead atoms. The Morgan fingerprint density at radius 3 is 2.78 bits per heavy atom. The van der Waals surface area contributed by atoms with E-state index in [0.717, 1.165) is 12.8 Å². The van der Waals surface area contributed by atoms with Crippen LogP contribution in [0.4, 0.5) is 0 Å². The summed E-state index contributed by atoms with van der Waals surface area (Å²) in [5, 5.41) is 0. The number of fused-ring (bicyclic) bond motifs is 1. The summed E-state index contributed by atoms with van der Waals surface area (Å²) in [6, 6.07) is 8.88. The fourth-order valence-electron chi connectivity index (χ4n) is 2.70. The van der Waals surface area contributed by atoms with E-state index in [0.29, 0.717) is 12.0 Å². The molecule has 0 aromatic heterocycles. The predicted octanol–water partition coefficient (Wildman–Crippen LogP) is 4.02. The SMILES string of the molecule is C=C/C=C(\C=C)[C@@H]1Cc2ccccc2C(NS)C1. The van der Waals surface area contributed by atoms with Crippen LogP contribution >= 0.6 is 12.8 Å². The van der Waals surface area contributed by atoms with Gasteiger partial charge in [0.1, 0.15) is 0 Å². The van der Waals surface area contributed by atoms with Crippen LogP contribution in [0.15, 0.2) is 61.2 Å². The quantitative estimate of drug-likeness (QED) is 0.613. The zero-order valence-electron chi connectivity index (χ0n) is 10.5. The molecule has 1 aliphatic rings. The Bertz CT molecular complexity index is 476. The lowest BCUT2D eigenvalue weighted by molar-refractivity contribution is 0.449. The smallest absolute Gasteiger partial charge is 0.0427 e. The lowest BCUT2D eigenvalue weighted by atomic mass is 9.77. The summed E-state index contributed by atoms with van der Waals surface area (Å²) in [4.78, 5) is 0. The van der Waals surface area contributed by atoms with Gasteiger partial charge in [0, 0.05) is 6.04 Å². The molecule has 0 radical (unpaired) electrons. The van der Waals surface area contributed by atoms with Gasteiger partial charge in [0.05, 0.1) is 0 Å². The van der Waals surface area contributed by atoms with Gasteiger partial charge in [-0.05, 0) is 35.5 Å². The van der Waals surface area contributed by atoms with Gasteiger partial charge in [-0.3, -0.25) is 4.72 Å². The predicted molar refractivity (Wildman–Crippen MR) is 81.6 cm³/mol. The molecule has 1 aromatic carbocycles. The summed E-state index contributed by atoms with van der Waals surface area (Å²) in [5.41, 5.74) is 4.02. The van der Waals surface area contributed by atoms with E-state index < -0.39 is 0 Å². The molecule has 18 heavy (non-hydrogen) atoms. The fraction of sp³-hybridized carbons (Fsp3) is 0.250. The highest BCUT2D eigenvalue weighted by atomic mass is 32.1. The third-order valence-corrected chi connectivity index (χ3v) is 3.90. The Balaban J connectivity index is 2.33. The molecule has 0 spiro atoms. The summed E-state index contributed by atoms with van der Waals surface area (Å²) >= 11 is 4.26. The molecule has 1 aromatic rings. The van der Waals surface area contributed by atoms with Gasteiger partial charge in [0.15, 0.2) is 0 Å². The molecule has 1 nitrogen and oxygen atoms in total. The van der Waals surface area contributed by atoms with Gasteiger partial charge in [-0.1, -0.05) is 68.5 Å². The first-order chi connectivity index (χ1) is 8.80. The Kier molecular flexibility index (Phi) is 4.45. The van der Waals surface area contributed by atoms with E-state index in [1.54, 1.807) is 0 Å². The molecule has 2 atom stereocenters. The minimum Gasteiger partial charge on any atom is -0.259 e. The van der Waals surface area contributed by atoms with Crippen molar-refractivity contribution in [3.63, 3.8) is 0 Å². The summed E-state index contributed by atoms with van der Waals surface area (Å²) in [6.07, 6.45) is 7.94. The molecule has 1 unspecified atom stereocenters. The second kappa shape index (κ2) is 6.07. The monoisotopic (exact) mass is 257 g/mol. The molecule has 0 fully saturated rings. The minimum absolute atomic E-state index is 0.302. The molecule has 0 saturated carbocycles. The minimum atomic E-state index is 0.302. The van der Waals surface area contributed by atoms with Crippen LogP contribution in [-0.4, -0.2) is 0 Å². The van der Waals surface area contributed by atoms with Crippen LogP contribution in [0, 0.1) is 5.92 Å². The Labute approximate surface area is 115 Å². The third kappa shape index (κ3) is 2.60. The molecule has 2 heteroatoms. The lowest BCUT2D eigenvalue weighted by Gasteiger charge is -2.31. The first-order valence-corrected chi connectivity index (χ1v) is 6.67. The number of hydrogen-bond acceptors (Lipinski definition) is 2. The maximum Gasteiger partial charge on any atom is 0.0427 e. The molecule has 94 valence electrons. The van der Waals surface area contributed by atoms with Crippen molar-refractivity contribution < 1.29 is 0 Å². The van der Waals surface area contributed by atoms with Gasteiger partial charge >= 0.3 is 0 Å². The first kappa shape index (κ1) is 13.2. The third-order valence-electron chi connectivity index (χ3n) is 3.59. The zero-order valence-corrected chi connectivity index (χ0v) is 11.4. The van der Waals surface area contributed by atoms with E-state index in [1.165, 1.54) is 16.7 Å². The average Bonchev–Trinajstić information content (AvgIpc) is 2.43. The largest absolute Gasteiger partial charge is 0.259 e. The van der Waals surface area contributed by atoms with Gasteiger partial charge in [0.25, 0.3) is 0 Å². The second-order valence-corrected chi connectivity index (χ2v) is 4.88. The Morgan fingerprint density at radius 2 is 2.11 bits per heavy atom. The van der Waals surface area contributed by atoms with Crippen LogP contribution in [-0.2, 0) is 6.42 Å². The highest BCUT2D eigenvalue weighted by Crippen LogP contribution is 2.37. The molecular weight excluding hydrogens is 238 g/mol. The van der Waals surface area contributed by atoms with Crippen LogP contribution in [0.2, 0.25) is 0 Å². The van der Waals surface area contributed by atoms with Gasteiger partial charge in [-0.15, -0.1) is 0 Å². The molecule has 0 amide bonds. The first-order valence-electron chi connectivity index (χ1n) is 6.22. The molecule has 1 aliphatic carbocycles. The number of allylic oxidation sites excluding steroid dienone is 4. The van der Waals surface area contributed by atoms with Gasteiger partial charge in [-0.25, -0.2) is 0 Å². The van der Waals surface area contributed by atoms with Crippen molar-refractivity contribution in [1.82, 2.24) is 4.72 Å². The van der Waals surface area contributed by atoms with Gasteiger partial charge in [-0.2, -0.15) is 0 Å². The Morgan fingerprint density at radius 1 is 1.33 bits per heavy atom. The van der Waals surface area contributed by atoms with Crippen LogP contribution in [0.5, 0.6) is 0 Å². The van der Waals surface area contributed by atoms with Crippen LogP contribution in [0.25, 0.3) is 0 Å². The molecule has 1 N–H and O–H groups in total. The van der Waals surface area contributed by atoms with E-state index >= 15 is 0 Å². The summed E-state index contributed by atoms with van der Waals surface area (Å²) < 4.78 is 3.12. The van der Waals surface area contributed by atoms with Crippen LogP contribution in [0.1, 0.15) is 23.6 Å².